The number of nitrogens with zero attached hydrogens (tertiary/aromatic N) is 5. The molecule has 0 spiro atoms. The standard InChI is InChI=1S/C15H17N5O2/c1-22-9-13-17-15-16-8-11-12(20(15)18-13)6-7-19(14(11)21)10-4-2-3-5-10/h6-8,10H,2-5,9H2,1H3. The molecule has 1 aliphatic rings. The highest BCUT2D eigenvalue weighted by molar-refractivity contribution is 5.78. The number of aromatic nitrogens is 5. The van der Waals surface area contributed by atoms with Crippen LogP contribution in [0.4, 0.5) is 0 Å². The number of pyridine rings is 1. The molecule has 3 aromatic rings. The molecule has 1 fully saturated rings. The molecule has 0 atom stereocenters. The molecule has 0 amide bonds. The Morgan fingerprint density at radius 1 is 1.36 bits per heavy atom. The molecule has 3 aromatic heterocycles. The topological polar surface area (TPSA) is 74.3 Å². The first kappa shape index (κ1) is 13.4. The first-order valence-corrected chi connectivity index (χ1v) is 7.52. The summed E-state index contributed by atoms with van der Waals surface area (Å²) in [5.74, 6) is 1.04. The van der Waals surface area contributed by atoms with E-state index in [2.05, 4.69) is 15.1 Å². The minimum atomic E-state index is 0.00240. The molecule has 1 aliphatic carbocycles. The van der Waals surface area contributed by atoms with Crippen molar-refractivity contribution in [1.29, 1.82) is 0 Å². The number of hydrogen-bond acceptors (Lipinski definition) is 5. The fourth-order valence-electron chi connectivity index (χ4n) is 3.24. The molecule has 7 nitrogen and oxygen atoms in total. The quantitative estimate of drug-likeness (QED) is 0.736. The Kier molecular flexibility index (Phi) is 3.15. The second-order valence-electron chi connectivity index (χ2n) is 5.70. The van der Waals surface area contributed by atoms with E-state index in [0.717, 1.165) is 18.4 Å². The number of ether oxygens (including phenoxy) is 1. The third-order valence-electron chi connectivity index (χ3n) is 4.30. The lowest BCUT2D eigenvalue weighted by molar-refractivity contribution is 0.178. The second-order valence-corrected chi connectivity index (χ2v) is 5.70. The first-order chi connectivity index (χ1) is 10.8. The van der Waals surface area contributed by atoms with Gasteiger partial charge in [0.2, 0.25) is 0 Å². The van der Waals surface area contributed by atoms with E-state index in [1.54, 1.807) is 17.8 Å². The molecule has 4 rings (SSSR count). The molecule has 0 saturated heterocycles. The minimum absolute atomic E-state index is 0.00240. The Labute approximate surface area is 126 Å². The van der Waals surface area contributed by atoms with Gasteiger partial charge in [-0.05, 0) is 18.9 Å². The Balaban J connectivity index is 1.91. The maximum atomic E-state index is 12.7. The molecule has 0 N–H and O–H groups in total. The van der Waals surface area contributed by atoms with Gasteiger partial charge in [0.15, 0.2) is 5.82 Å². The monoisotopic (exact) mass is 299 g/mol. The summed E-state index contributed by atoms with van der Waals surface area (Å²) >= 11 is 0. The van der Waals surface area contributed by atoms with Crippen molar-refractivity contribution >= 4 is 16.7 Å². The van der Waals surface area contributed by atoms with Gasteiger partial charge in [-0.15, -0.1) is 5.10 Å². The number of methoxy groups -OCH3 is 1. The highest BCUT2D eigenvalue weighted by Crippen LogP contribution is 2.28. The summed E-state index contributed by atoms with van der Waals surface area (Å²) in [5.41, 5.74) is 0.738. The van der Waals surface area contributed by atoms with Crippen molar-refractivity contribution in [2.45, 2.75) is 38.3 Å². The van der Waals surface area contributed by atoms with E-state index < -0.39 is 0 Å². The van der Waals surface area contributed by atoms with Crippen molar-refractivity contribution in [2.75, 3.05) is 7.11 Å². The van der Waals surface area contributed by atoms with Crippen molar-refractivity contribution in [1.82, 2.24) is 24.1 Å². The lowest BCUT2D eigenvalue weighted by atomic mass is 10.2. The average molecular weight is 299 g/mol. The third-order valence-corrected chi connectivity index (χ3v) is 4.30. The predicted molar refractivity (Wildman–Crippen MR) is 80.8 cm³/mol. The minimum Gasteiger partial charge on any atom is -0.377 e. The summed E-state index contributed by atoms with van der Waals surface area (Å²) in [7, 11) is 1.59. The Morgan fingerprint density at radius 2 is 2.18 bits per heavy atom. The van der Waals surface area contributed by atoms with Crippen LogP contribution in [-0.2, 0) is 11.3 Å². The van der Waals surface area contributed by atoms with E-state index in [4.69, 9.17) is 4.74 Å². The molecule has 22 heavy (non-hydrogen) atoms. The molecule has 0 bridgehead atoms. The van der Waals surface area contributed by atoms with E-state index in [0.29, 0.717) is 29.6 Å². The van der Waals surface area contributed by atoms with Gasteiger partial charge >= 0.3 is 0 Å². The van der Waals surface area contributed by atoms with E-state index in [1.165, 1.54) is 12.8 Å². The number of rotatable bonds is 3. The Hall–Kier alpha value is -2.28. The van der Waals surface area contributed by atoms with Gasteiger partial charge in [0, 0.05) is 25.5 Å². The van der Waals surface area contributed by atoms with E-state index in [1.807, 2.05) is 16.8 Å². The maximum Gasteiger partial charge on any atom is 0.261 e. The molecule has 0 aliphatic heterocycles. The van der Waals surface area contributed by atoms with Crippen LogP contribution in [0.15, 0.2) is 23.3 Å². The highest BCUT2D eigenvalue weighted by Gasteiger charge is 2.19. The predicted octanol–water partition coefficient (Wildman–Crippen LogP) is 1.70. The lowest BCUT2D eigenvalue weighted by Crippen LogP contribution is -2.23. The molecular formula is C15H17N5O2. The zero-order chi connectivity index (χ0) is 15.1. The fraction of sp³-hybridized carbons (Fsp3) is 0.467. The van der Waals surface area contributed by atoms with Gasteiger partial charge in [0.05, 0.1) is 10.9 Å². The van der Waals surface area contributed by atoms with Crippen LogP contribution in [0, 0.1) is 0 Å². The first-order valence-electron chi connectivity index (χ1n) is 7.52. The Bertz CT molecular complexity index is 892. The van der Waals surface area contributed by atoms with E-state index in [9.17, 15) is 4.79 Å². The molecule has 7 heteroatoms. The SMILES string of the molecule is COCc1nc2ncc3c(=O)n(C4CCCC4)ccc3n2n1. The van der Waals surface area contributed by atoms with Gasteiger partial charge in [-0.2, -0.15) is 9.50 Å². The molecule has 3 heterocycles. The summed E-state index contributed by atoms with van der Waals surface area (Å²) in [6.45, 7) is 0.323. The van der Waals surface area contributed by atoms with Gasteiger partial charge < -0.3 is 9.30 Å². The van der Waals surface area contributed by atoms with Crippen LogP contribution in [0.2, 0.25) is 0 Å². The third kappa shape index (κ3) is 2.00. The van der Waals surface area contributed by atoms with Gasteiger partial charge in [-0.1, -0.05) is 12.8 Å². The highest BCUT2D eigenvalue weighted by atomic mass is 16.5. The molecule has 1 saturated carbocycles. The molecule has 114 valence electrons. The summed E-state index contributed by atoms with van der Waals surface area (Å²) in [4.78, 5) is 21.3. The summed E-state index contributed by atoms with van der Waals surface area (Å²) in [6, 6.07) is 2.24. The van der Waals surface area contributed by atoms with Crippen LogP contribution in [0.5, 0.6) is 0 Å². The second kappa shape index (κ2) is 5.17. The van der Waals surface area contributed by atoms with Crippen LogP contribution < -0.4 is 5.56 Å². The summed E-state index contributed by atoms with van der Waals surface area (Å²) in [5, 5.41) is 4.95. The van der Waals surface area contributed by atoms with Crippen molar-refractivity contribution in [3.05, 3.63) is 34.6 Å². The molecule has 0 radical (unpaired) electrons. The van der Waals surface area contributed by atoms with E-state index in [-0.39, 0.29) is 5.56 Å². The fourth-order valence-corrected chi connectivity index (χ4v) is 3.24. The lowest BCUT2D eigenvalue weighted by Gasteiger charge is -2.13. The molecular weight excluding hydrogens is 282 g/mol. The zero-order valence-corrected chi connectivity index (χ0v) is 12.4. The number of hydrogen-bond donors (Lipinski definition) is 0. The van der Waals surface area contributed by atoms with Crippen LogP contribution in [0.3, 0.4) is 0 Å². The van der Waals surface area contributed by atoms with Gasteiger partial charge in [-0.25, -0.2) is 4.98 Å². The maximum absolute atomic E-state index is 12.7. The summed E-state index contributed by atoms with van der Waals surface area (Å²) < 4.78 is 8.51. The van der Waals surface area contributed by atoms with Gasteiger partial charge in [0.1, 0.15) is 6.61 Å². The van der Waals surface area contributed by atoms with Crippen molar-refractivity contribution in [3.63, 3.8) is 0 Å². The van der Waals surface area contributed by atoms with Crippen LogP contribution >= 0.6 is 0 Å². The van der Waals surface area contributed by atoms with Crippen molar-refractivity contribution in [2.24, 2.45) is 0 Å². The van der Waals surface area contributed by atoms with Crippen molar-refractivity contribution < 1.29 is 4.74 Å². The summed E-state index contributed by atoms with van der Waals surface area (Å²) in [6.07, 6.45) is 8.00. The van der Waals surface area contributed by atoms with Gasteiger partial charge in [0.25, 0.3) is 11.3 Å². The molecule has 0 unspecified atom stereocenters. The largest absolute Gasteiger partial charge is 0.377 e. The molecule has 0 aromatic carbocycles. The van der Waals surface area contributed by atoms with Crippen LogP contribution in [0.25, 0.3) is 16.7 Å². The normalized spacial score (nSPS) is 16.0. The van der Waals surface area contributed by atoms with Crippen molar-refractivity contribution in [3.8, 4) is 0 Å². The average Bonchev–Trinajstić information content (AvgIpc) is 3.16. The van der Waals surface area contributed by atoms with Gasteiger partial charge in [-0.3, -0.25) is 4.79 Å². The smallest absolute Gasteiger partial charge is 0.261 e. The zero-order valence-electron chi connectivity index (χ0n) is 12.4. The van der Waals surface area contributed by atoms with Crippen LogP contribution in [0.1, 0.15) is 37.5 Å². The Morgan fingerprint density at radius 3 is 2.95 bits per heavy atom. The van der Waals surface area contributed by atoms with E-state index >= 15 is 0 Å². The number of fused-ring (bicyclic) bond motifs is 3. The van der Waals surface area contributed by atoms with Crippen LogP contribution in [-0.4, -0.2) is 31.3 Å².